The number of nitrogens with zero attached hydrogens (tertiary/aromatic N) is 1. The van der Waals surface area contributed by atoms with Crippen LogP contribution in [0.3, 0.4) is 0 Å². The largest absolute Gasteiger partial charge is 0.481 e. The van der Waals surface area contributed by atoms with Crippen molar-refractivity contribution in [1.29, 1.82) is 0 Å². The highest BCUT2D eigenvalue weighted by molar-refractivity contribution is 5.71. The van der Waals surface area contributed by atoms with Crippen molar-refractivity contribution in [3.63, 3.8) is 0 Å². The van der Waals surface area contributed by atoms with Crippen molar-refractivity contribution < 1.29 is 9.90 Å². The van der Waals surface area contributed by atoms with Gasteiger partial charge in [-0.2, -0.15) is 0 Å². The number of carboxylic acids is 1. The molecule has 1 N–H and O–H groups in total. The molecule has 3 heteroatoms. The molecule has 3 aliphatic rings. The monoisotopic (exact) mass is 223 g/mol. The Morgan fingerprint density at radius 1 is 1.25 bits per heavy atom. The minimum Gasteiger partial charge on any atom is -0.481 e. The van der Waals surface area contributed by atoms with Crippen LogP contribution in [-0.2, 0) is 4.79 Å². The zero-order valence-corrected chi connectivity index (χ0v) is 9.93. The Bertz CT molecular complexity index is 304. The van der Waals surface area contributed by atoms with Crippen LogP contribution < -0.4 is 0 Å². The lowest BCUT2D eigenvalue weighted by Crippen LogP contribution is -2.43. The lowest BCUT2D eigenvalue weighted by atomic mass is 9.93. The molecule has 3 rings (SSSR count). The van der Waals surface area contributed by atoms with Crippen LogP contribution in [0.1, 0.15) is 39.0 Å². The molecule has 16 heavy (non-hydrogen) atoms. The average Bonchev–Trinajstić information content (AvgIpc) is 2.90. The molecule has 3 nitrogen and oxygen atoms in total. The summed E-state index contributed by atoms with van der Waals surface area (Å²) in [6, 6.07) is 0.958. The van der Waals surface area contributed by atoms with Crippen molar-refractivity contribution in [2.24, 2.45) is 17.8 Å². The molecule has 0 aromatic carbocycles. The fraction of sp³-hybridized carbons (Fsp3) is 0.923. The van der Waals surface area contributed by atoms with Crippen molar-refractivity contribution in [1.82, 2.24) is 4.90 Å². The van der Waals surface area contributed by atoms with E-state index < -0.39 is 5.97 Å². The smallest absolute Gasteiger partial charge is 0.308 e. The van der Waals surface area contributed by atoms with Gasteiger partial charge < -0.3 is 5.11 Å². The van der Waals surface area contributed by atoms with E-state index in [0.29, 0.717) is 6.04 Å². The van der Waals surface area contributed by atoms with E-state index in [9.17, 15) is 4.79 Å². The number of carbonyl (C=O) groups is 1. The summed E-state index contributed by atoms with van der Waals surface area (Å²) in [5.41, 5.74) is 0. The zero-order valence-electron chi connectivity index (χ0n) is 9.93. The summed E-state index contributed by atoms with van der Waals surface area (Å²) < 4.78 is 0. The maximum atomic E-state index is 11.1. The van der Waals surface area contributed by atoms with Crippen LogP contribution in [0.4, 0.5) is 0 Å². The molecular weight excluding hydrogens is 202 g/mol. The number of hydrogen-bond acceptors (Lipinski definition) is 2. The minimum absolute atomic E-state index is 0.126. The molecule has 3 fully saturated rings. The Balaban J connectivity index is 1.70. The number of likely N-dealkylation sites (tertiary alicyclic amines) is 1. The predicted octanol–water partition coefficient (Wildman–Crippen LogP) is 1.97. The molecule has 1 saturated heterocycles. The molecule has 0 spiro atoms. The van der Waals surface area contributed by atoms with Crippen LogP contribution in [0.5, 0.6) is 0 Å². The number of fused-ring (bicyclic) bond motifs is 2. The van der Waals surface area contributed by atoms with Crippen LogP contribution >= 0.6 is 0 Å². The first-order valence-corrected chi connectivity index (χ1v) is 6.65. The first-order valence-electron chi connectivity index (χ1n) is 6.65. The first-order chi connectivity index (χ1) is 7.66. The lowest BCUT2D eigenvalue weighted by molar-refractivity contribution is -0.142. The average molecular weight is 223 g/mol. The molecule has 1 heterocycles. The molecular formula is C13H21NO2. The first kappa shape index (κ1) is 10.6. The molecule has 5 unspecified atom stereocenters. The van der Waals surface area contributed by atoms with E-state index in [4.69, 9.17) is 5.11 Å². The Morgan fingerprint density at radius 2 is 2.06 bits per heavy atom. The number of aliphatic carboxylic acids is 1. The Morgan fingerprint density at radius 3 is 2.56 bits per heavy atom. The van der Waals surface area contributed by atoms with Gasteiger partial charge in [0.25, 0.3) is 0 Å². The summed E-state index contributed by atoms with van der Waals surface area (Å²) in [5.74, 6) is 1.10. The van der Waals surface area contributed by atoms with Crippen LogP contribution in [0, 0.1) is 17.8 Å². The van der Waals surface area contributed by atoms with E-state index in [1.807, 2.05) is 0 Å². The van der Waals surface area contributed by atoms with Gasteiger partial charge >= 0.3 is 5.97 Å². The highest BCUT2D eigenvalue weighted by Gasteiger charge is 2.47. The molecule has 90 valence electrons. The van der Waals surface area contributed by atoms with Gasteiger partial charge in [-0.1, -0.05) is 6.42 Å². The number of rotatable bonds is 2. The predicted molar refractivity (Wildman–Crippen MR) is 61.1 cm³/mol. The second-order valence-corrected chi connectivity index (χ2v) is 5.95. The zero-order chi connectivity index (χ0) is 11.3. The third kappa shape index (κ3) is 1.48. The highest BCUT2D eigenvalue weighted by atomic mass is 16.4. The highest BCUT2D eigenvalue weighted by Crippen LogP contribution is 2.48. The molecule has 0 aromatic heterocycles. The third-order valence-electron chi connectivity index (χ3n) is 5.25. The summed E-state index contributed by atoms with van der Waals surface area (Å²) >= 11 is 0. The van der Waals surface area contributed by atoms with Gasteiger partial charge in [0.1, 0.15) is 0 Å². The maximum Gasteiger partial charge on any atom is 0.308 e. The quantitative estimate of drug-likeness (QED) is 0.778. The van der Waals surface area contributed by atoms with Crippen molar-refractivity contribution in [2.75, 3.05) is 6.54 Å². The van der Waals surface area contributed by atoms with Gasteiger partial charge in [-0.25, -0.2) is 0 Å². The third-order valence-corrected chi connectivity index (χ3v) is 5.25. The molecule has 2 aliphatic carbocycles. The normalized spacial score (nSPS) is 47.7. The van der Waals surface area contributed by atoms with Crippen LogP contribution in [-0.4, -0.2) is 34.6 Å². The summed E-state index contributed by atoms with van der Waals surface area (Å²) in [6.45, 7) is 3.11. The fourth-order valence-electron chi connectivity index (χ4n) is 4.38. The van der Waals surface area contributed by atoms with E-state index >= 15 is 0 Å². The van der Waals surface area contributed by atoms with Gasteiger partial charge in [0.2, 0.25) is 0 Å². The fourth-order valence-corrected chi connectivity index (χ4v) is 4.38. The van der Waals surface area contributed by atoms with Gasteiger partial charge in [-0.15, -0.1) is 0 Å². The Labute approximate surface area is 96.8 Å². The van der Waals surface area contributed by atoms with Crippen molar-refractivity contribution in [3.8, 4) is 0 Å². The lowest BCUT2D eigenvalue weighted by Gasteiger charge is -2.35. The molecule has 2 saturated carbocycles. The molecule has 0 aromatic rings. The standard InChI is InChI=1S/C13H21NO2/c1-8-11(13(15)16)4-5-14(8)12-7-9-2-3-10(12)6-9/h8-12H,2-7H2,1H3,(H,15,16). The minimum atomic E-state index is -0.599. The van der Waals surface area contributed by atoms with E-state index in [2.05, 4.69) is 11.8 Å². The summed E-state index contributed by atoms with van der Waals surface area (Å²) in [6.07, 6.45) is 6.40. The molecule has 2 bridgehead atoms. The van der Waals surface area contributed by atoms with Crippen molar-refractivity contribution >= 4 is 5.97 Å². The summed E-state index contributed by atoms with van der Waals surface area (Å²) in [5, 5.41) is 9.15. The van der Waals surface area contributed by atoms with Crippen LogP contribution in [0.2, 0.25) is 0 Å². The number of hydrogen-bond donors (Lipinski definition) is 1. The molecule has 1 aliphatic heterocycles. The van der Waals surface area contributed by atoms with Gasteiger partial charge in [0.05, 0.1) is 5.92 Å². The second-order valence-electron chi connectivity index (χ2n) is 5.95. The summed E-state index contributed by atoms with van der Waals surface area (Å²) in [4.78, 5) is 13.6. The van der Waals surface area contributed by atoms with E-state index in [1.165, 1.54) is 25.7 Å². The van der Waals surface area contributed by atoms with E-state index in [-0.39, 0.29) is 12.0 Å². The number of carboxylic acid groups (broad SMARTS) is 1. The van der Waals surface area contributed by atoms with E-state index in [0.717, 1.165) is 24.8 Å². The van der Waals surface area contributed by atoms with Crippen molar-refractivity contribution in [3.05, 3.63) is 0 Å². The van der Waals surface area contributed by atoms with Gasteiger partial charge in [0, 0.05) is 12.1 Å². The Hall–Kier alpha value is -0.570. The summed E-state index contributed by atoms with van der Waals surface area (Å²) in [7, 11) is 0. The van der Waals surface area contributed by atoms with E-state index in [1.54, 1.807) is 0 Å². The van der Waals surface area contributed by atoms with Crippen LogP contribution in [0.25, 0.3) is 0 Å². The molecule has 0 radical (unpaired) electrons. The Kier molecular flexibility index (Phi) is 2.46. The van der Waals surface area contributed by atoms with Gasteiger partial charge in [0.15, 0.2) is 0 Å². The SMILES string of the molecule is CC1C(C(=O)O)CCN1C1CC2CCC1C2. The molecule has 0 amide bonds. The van der Waals surface area contributed by atoms with Crippen molar-refractivity contribution in [2.45, 2.75) is 51.1 Å². The maximum absolute atomic E-state index is 11.1. The van der Waals surface area contributed by atoms with Crippen LogP contribution in [0.15, 0.2) is 0 Å². The topological polar surface area (TPSA) is 40.5 Å². The second kappa shape index (κ2) is 3.73. The molecule has 5 atom stereocenters. The van der Waals surface area contributed by atoms with Gasteiger partial charge in [-0.3, -0.25) is 9.69 Å². The van der Waals surface area contributed by atoms with Gasteiger partial charge in [-0.05, 0) is 51.0 Å².